The molecule has 1 aromatic heterocycles. The Labute approximate surface area is 176 Å². The first-order chi connectivity index (χ1) is 14.1. The normalized spacial score (nSPS) is 17.7. The Morgan fingerprint density at radius 1 is 1.31 bits per heavy atom. The molecule has 3 heterocycles. The number of rotatable bonds is 5. The number of halogens is 1. The van der Waals surface area contributed by atoms with E-state index in [1.54, 1.807) is 6.07 Å². The van der Waals surface area contributed by atoms with Crippen molar-refractivity contribution in [2.24, 2.45) is 0 Å². The molecule has 6 nitrogen and oxygen atoms in total. The molecule has 0 radical (unpaired) electrons. The number of nitrogens with zero attached hydrogens (tertiary/aromatic N) is 2. The summed E-state index contributed by atoms with van der Waals surface area (Å²) in [6.07, 6.45) is 2.79. The molecule has 2 aliphatic heterocycles. The Bertz CT molecular complexity index is 1100. The van der Waals surface area contributed by atoms with E-state index in [1.165, 1.54) is 12.7 Å². The summed E-state index contributed by atoms with van der Waals surface area (Å²) >= 11 is 3.63. The third-order valence-corrected chi connectivity index (χ3v) is 6.40. The molecule has 0 spiro atoms. The van der Waals surface area contributed by atoms with Gasteiger partial charge in [0.05, 0.1) is 43.0 Å². The number of esters is 1. The van der Waals surface area contributed by atoms with E-state index in [4.69, 9.17) is 19.2 Å². The molecule has 7 heteroatoms. The Morgan fingerprint density at radius 2 is 2.17 bits per heavy atom. The largest absolute Gasteiger partial charge is 0.493 e. The van der Waals surface area contributed by atoms with E-state index in [0.717, 1.165) is 58.6 Å². The summed E-state index contributed by atoms with van der Waals surface area (Å²) in [4.78, 5) is 16.9. The van der Waals surface area contributed by atoms with Gasteiger partial charge in [0.2, 0.25) is 0 Å². The monoisotopic (exact) mass is 456 g/mol. The zero-order valence-corrected chi connectivity index (χ0v) is 17.7. The maximum absolute atomic E-state index is 12.0. The average molecular weight is 457 g/mol. The molecule has 0 saturated carbocycles. The highest BCUT2D eigenvalue weighted by Crippen LogP contribution is 2.36. The topological polar surface area (TPSA) is 62.6 Å². The lowest BCUT2D eigenvalue weighted by atomic mass is 10.1. The smallest absolute Gasteiger partial charge is 0.337 e. The summed E-state index contributed by atoms with van der Waals surface area (Å²) in [7, 11) is 1.39. The number of carbonyl (C=O) groups excluding carboxylic acids is 1. The predicted octanol–water partition coefficient (Wildman–Crippen LogP) is 3.90. The lowest BCUT2D eigenvalue weighted by molar-refractivity contribution is -0.0589. The van der Waals surface area contributed by atoms with Crippen LogP contribution in [0.25, 0.3) is 11.0 Å². The first-order valence-corrected chi connectivity index (χ1v) is 10.6. The number of benzene rings is 2. The van der Waals surface area contributed by atoms with Gasteiger partial charge in [0, 0.05) is 35.0 Å². The Kier molecular flexibility index (Phi) is 4.80. The highest BCUT2D eigenvalue weighted by atomic mass is 79.9. The highest BCUT2D eigenvalue weighted by molar-refractivity contribution is 9.10. The summed E-state index contributed by atoms with van der Waals surface area (Å²) in [5.74, 6) is 1.56. The van der Waals surface area contributed by atoms with E-state index in [0.29, 0.717) is 18.6 Å². The first-order valence-electron chi connectivity index (χ1n) is 9.76. The van der Waals surface area contributed by atoms with Crippen molar-refractivity contribution in [2.45, 2.75) is 31.9 Å². The van der Waals surface area contributed by atoms with Crippen LogP contribution in [0.4, 0.5) is 0 Å². The number of hydrogen-bond acceptors (Lipinski definition) is 5. The second-order valence-corrected chi connectivity index (χ2v) is 8.26. The van der Waals surface area contributed by atoms with Crippen LogP contribution >= 0.6 is 15.9 Å². The molecule has 2 aliphatic rings. The molecule has 1 fully saturated rings. The van der Waals surface area contributed by atoms with Crippen LogP contribution in [-0.2, 0) is 28.9 Å². The second kappa shape index (κ2) is 7.46. The van der Waals surface area contributed by atoms with Gasteiger partial charge in [0.15, 0.2) is 0 Å². The van der Waals surface area contributed by atoms with E-state index in [9.17, 15) is 4.79 Å². The van der Waals surface area contributed by atoms with Crippen LogP contribution in [0.3, 0.4) is 0 Å². The van der Waals surface area contributed by atoms with Crippen LogP contribution in [0.1, 0.15) is 33.7 Å². The number of fused-ring (bicyclic) bond motifs is 2. The molecule has 1 atom stereocenters. The molecule has 5 rings (SSSR count). The molecule has 0 N–H and O–H groups in total. The zero-order chi connectivity index (χ0) is 20.0. The van der Waals surface area contributed by atoms with E-state index in [-0.39, 0.29) is 12.1 Å². The third-order valence-electron chi connectivity index (χ3n) is 5.66. The molecule has 2 aromatic carbocycles. The summed E-state index contributed by atoms with van der Waals surface area (Å²) in [5.41, 5.74) is 4.66. The van der Waals surface area contributed by atoms with Crippen molar-refractivity contribution in [3.8, 4) is 5.75 Å². The standard InChI is InChI=1S/C22H21BrN2O4/c1-27-22(26)14-3-5-18-19(10-14)25(12-15-6-8-28-15)20(24-18)11-13-2-4-17(23)16-7-9-29-21(13)16/h2-5,10,15H,6-9,11-12H2,1H3/t15-/m0/s1. The number of imidazole rings is 1. The molecule has 0 aliphatic carbocycles. The molecule has 0 amide bonds. The van der Waals surface area contributed by atoms with Gasteiger partial charge >= 0.3 is 5.97 Å². The van der Waals surface area contributed by atoms with Gasteiger partial charge in [-0.05, 0) is 30.7 Å². The first kappa shape index (κ1) is 18.6. The lowest BCUT2D eigenvalue weighted by Crippen LogP contribution is -2.31. The minimum Gasteiger partial charge on any atom is -0.493 e. The number of carbonyl (C=O) groups is 1. The minimum atomic E-state index is -0.347. The van der Waals surface area contributed by atoms with Gasteiger partial charge in [-0.15, -0.1) is 0 Å². The van der Waals surface area contributed by atoms with Gasteiger partial charge < -0.3 is 18.8 Å². The number of methoxy groups -OCH3 is 1. The molecule has 1 saturated heterocycles. The number of ether oxygens (including phenoxy) is 3. The van der Waals surface area contributed by atoms with Crippen LogP contribution in [0.15, 0.2) is 34.8 Å². The molecule has 3 aromatic rings. The third kappa shape index (κ3) is 3.32. The van der Waals surface area contributed by atoms with Crippen LogP contribution in [0.5, 0.6) is 5.75 Å². The van der Waals surface area contributed by atoms with Gasteiger partial charge in [-0.1, -0.05) is 22.0 Å². The molecule has 0 bridgehead atoms. The molecule has 29 heavy (non-hydrogen) atoms. The van der Waals surface area contributed by atoms with E-state index >= 15 is 0 Å². The van der Waals surface area contributed by atoms with Crippen molar-refractivity contribution in [1.29, 1.82) is 0 Å². The minimum absolute atomic E-state index is 0.180. The van der Waals surface area contributed by atoms with Crippen molar-refractivity contribution in [3.63, 3.8) is 0 Å². The highest BCUT2D eigenvalue weighted by Gasteiger charge is 2.25. The fourth-order valence-corrected chi connectivity index (χ4v) is 4.53. The quantitative estimate of drug-likeness (QED) is 0.544. The Hall–Kier alpha value is -2.38. The van der Waals surface area contributed by atoms with E-state index in [2.05, 4.69) is 32.6 Å². The SMILES string of the molecule is COC(=O)c1ccc2nc(Cc3ccc(Br)c4c3OCC4)n(C[C@@H]3CCO3)c2c1. The van der Waals surface area contributed by atoms with Crippen LogP contribution in [-0.4, -0.2) is 41.9 Å². The van der Waals surface area contributed by atoms with E-state index in [1.807, 2.05) is 12.1 Å². The lowest BCUT2D eigenvalue weighted by Gasteiger charge is -2.27. The number of aromatic nitrogens is 2. The van der Waals surface area contributed by atoms with Crippen molar-refractivity contribution >= 4 is 32.9 Å². The van der Waals surface area contributed by atoms with Gasteiger partial charge in [0.1, 0.15) is 11.6 Å². The molecular weight excluding hydrogens is 436 g/mol. The van der Waals surface area contributed by atoms with Crippen molar-refractivity contribution in [2.75, 3.05) is 20.3 Å². The predicted molar refractivity (Wildman–Crippen MR) is 112 cm³/mol. The Morgan fingerprint density at radius 3 is 2.93 bits per heavy atom. The fourth-order valence-electron chi connectivity index (χ4n) is 4.02. The molecular formula is C22H21BrN2O4. The fraction of sp³-hybridized carbons (Fsp3) is 0.364. The summed E-state index contributed by atoms with van der Waals surface area (Å²) in [5, 5.41) is 0. The van der Waals surface area contributed by atoms with Gasteiger partial charge in [-0.3, -0.25) is 0 Å². The summed E-state index contributed by atoms with van der Waals surface area (Å²) < 4.78 is 19.8. The van der Waals surface area contributed by atoms with Crippen molar-refractivity contribution < 1.29 is 19.0 Å². The zero-order valence-electron chi connectivity index (χ0n) is 16.1. The maximum Gasteiger partial charge on any atom is 0.337 e. The van der Waals surface area contributed by atoms with Crippen molar-refractivity contribution in [1.82, 2.24) is 9.55 Å². The molecule has 0 unspecified atom stereocenters. The maximum atomic E-state index is 12.0. The van der Waals surface area contributed by atoms with E-state index < -0.39 is 0 Å². The van der Waals surface area contributed by atoms with Crippen LogP contribution < -0.4 is 4.74 Å². The van der Waals surface area contributed by atoms with Crippen LogP contribution in [0, 0.1) is 0 Å². The molecule has 150 valence electrons. The second-order valence-electron chi connectivity index (χ2n) is 7.40. The Balaban J connectivity index is 1.58. The van der Waals surface area contributed by atoms with Gasteiger partial charge in [-0.2, -0.15) is 0 Å². The van der Waals surface area contributed by atoms with Gasteiger partial charge in [-0.25, -0.2) is 9.78 Å². The summed E-state index contributed by atoms with van der Waals surface area (Å²) in [6, 6.07) is 9.68. The van der Waals surface area contributed by atoms with Gasteiger partial charge in [0.25, 0.3) is 0 Å². The van der Waals surface area contributed by atoms with Crippen molar-refractivity contribution in [3.05, 3.63) is 57.3 Å². The van der Waals surface area contributed by atoms with Crippen LogP contribution in [0.2, 0.25) is 0 Å². The summed E-state index contributed by atoms with van der Waals surface area (Å²) in [6.45, 7) is 2.23. The average Bonchev–Trinajstić information content (AvgIpc) is 3.31. The number of hydrogen-bond donors (Lipinski definition) is 0.